The molecule has 0 bridgehead atoms. The van der Waals surface area contributed by atoms with E-state index >= 15 is 0 Å². The fourth-order valence-electron chi connectivity index (χ4n) is 2.89. The number of rotatable bonds is 4. The van der Waals surface area contributed by atoms with Crippen LogP contribution in [0, 0.1) is 0 Å². The van der Waals surface area contributed by atoms with Gasteiger partial charge >= 0.3 is 0 Å². The van der Waals surface area contributed by atoms with E-state index in [9.17, 15) is 0 Å². The van der Waals surface area contributed by atoms with Gasteiger partial charge in [0, 0.05) is 24.9 Å². The van der Waals surface area contributed by atoms with Gasteiger partial charge in [-0.2, -0.15) is 4.98 Å². The molecule has 0 radical (unpaired) electrons. The molecule has 2 aliphatic rings. The van der Waals surface area contributed by atoms with Gasteiger partial charge in [0.05, 0.1) is 19.3 Å². The van der Waals surface area contributed by atoms with Crippen LogP contribution in [0.3, 0.4) is 0 Å². The smallest absolute Gasteiger partial charge is 0.246 e. The minimum Gasteiger partial charge on any atom is -0.375 e. The van der Waals surface area contributed by atoms with Gasteiger partial charge in [0.15, 0.2) is 5.82 Å². The molecule has 2 atom stereocenters. The van der Waals surface area contributed by atoms with Crippen molar-refractivity contribution >= 4 is 0 Å². The van der Waals surface area contributed by atoms with Crippen LogP contribution < -0.4 is 0 Å². The molecule has 0 N–H and O–H groups in total. The first-order valence-corrected chi connectivity index (χ1v) is 7.76. The van der Waals surface area contributed by atoms with E-state index in [4.69, 9.17) is 9.26 Å². The molecule has 22 heavy (non-hydrogen) atoms. The molecule has 2 aromatic heterocycles. The highest BCUT2D eigenvalue weighted by molar-refractivity contribution is 5.06. The van der Waals surface area contributed by atoms with E-state index in [1.807, 2.05) is 13.0 Å². The van der Waals surface area contributed by atoms with E-state index in [0.717, 1.165) is 31.0 Å². The molecular weight excluding hydrogens is 282 g/mol. The number of aromatic nitrogens is 4. The Labute approximate surface area is 128 Å². The predicted octanol–water partition coefficient (Wildman–Crippen LogP) is 1.70. The normalized spacial score (nSPS) is 26.2. The minimum absolute atomic E-state index is 0.00460. The third-order valence-corrected chi connectivity index (χ3v) is 4.21. The summed E-state index contributed by atoms with van der Waals surface area (Å²) in [6.45, 7) is 4.19. The van der Waals surface area contributed by atoms with Crippen molar-refractivity contribution in [2.24, 2.45) is 0 Å². The van der Waals surface area contributed by atoms with Crippen LogP contribution >= 0.6 is 0 Å². The van der Waals surface area contributed by atoms with E-state index in [1.165, 1.54) is 0 Å². The molecule has 0 amide bonds. The Bertz CT molecular complexity index is 628. The van der Waals surface area contributed by atoms with Gasteiger partial charge in [-0.25, -0.2) is 9.97 Å². The lowest BCUT2D eigenvalue weighted by Crippen LogP contribution is -2.44. The lowest BCUT2D eigenvalue weighted by atomic mass is 10.1. The Morgan fingerprint density at radius 1 is 1.27 bits per heavy atom. The summed E-state index contributed by atoms with van der Waals surface area (Å²) < 4.78 is 11.3. The summed E-state index contributed by atoms with van der Waals surface area (Å²) in [4.78, 5) is 15.5. The molecule has 116 valence electrons. The minimum atomic E-state index is -0.0439. The molecule has 0 aromatic carbocycles. The Morgan fingerprint density at radius 2 is 2.09 bits per heavy atom. The van der Waals surface area contributed by atoms with Crippen molar-refractivity contribution in [3.8, 4) is 0 Å². The number of nitrogens with zero attached hydrogens (tertiary/aromatic N) is 5. The Hall–Kier alpha value is -1.86. The van der Waals surface area contributed by atoms with E-state index in [0.29, 0.717) is 25.0 Å². The second-order valence-electron chi connectivity index (χ2n) is 5.92. The van der Waals surface area contributed by atoms with Gasteiger partial charge in [-0.05, 0) is 25.8 Å². The first-order valence-electron chi connectivity index (χ1n) is 7.76. The largest absolute Gasteiger partial charge is 0.375 e. The molecule has 2 aromatic rings. The highest BCUT2D eigenvalue weighted by Crippen LogP contribution is 2.39. The first kappa shape index (κ1) is 13.8. The van der Waals surface area contributed by atoms with Gasteiger partial charge in [0.25, 0.3) is 0 Å². The lowest BCUT2D eigenvalue weighted by molar-refractivity contribution is -0.0771. The van der Waals surface area contributed by atoms with Crippen molar-refractivity contribution in [2.75, 3.05) is 13.2 Å². The van der Waals surface area contributed by atoms with E-state index < -0.39 is 0 Å². The zero-order valence-electron chi connectivity index (χ0n) is 12.6. The number of ether oxygens (including phenoxy) is 1. The summed E-state index contributed by atoms with van der Waals surface area (Å²) in [5.74, 6) is 2.76. The van der Waals surface area contributed by atoms with E-state index in [2.05, 4.69) is 25.0 Å². The van der Waals surface area contributed by atoms with Crippen molar-refractivity contribution in [3.05, 3.63) is 36.0 Å². The lowest BCUT2D eigenvalue weighted by Gasteiger charge is -2.37. The molecule has 4 rings (SSSR count). The van der Waals surface area contributed by atoms with Crippen molar-refractivity contribution in [2.45, 2.75) is 44.4 Å². The van der Waals surface area contributed by atoms with E-state index in [1.54, 1.807) is 12.4 Å². The van der Waals surface area contributed by atoms with Crippen LogP contribution in [0.2, 0.25) is 0 Å². The Kier molecular flexibility index (Phi) is 3.59. The molecule has 1 aliphatic heterocycles. The van der Waals surface area contributed by atoms with Gasteiger partial charge in [-0.15, -0.1) is 0 Å². The summed E-state index contributed by atoms with van der Waals surface area (Å²) in [5.41, 5.74) is 0. The maximum Gasteiger partial charge on any atom is 0.246 e. The van der Waals surface area contributed by atoms with Crippen LogP contribution in [0.15, 0.2) is 23.0 Å². The van der Waals surface area contributed by atoms with Crippen LogP contribution in [0.25, 0.3) is 0 Å². The molecule has 1 saturated carbocycles. The molecule has 0 unspecified atom stereocenters. The SMILES string of the molecule is C[C@H]1OCCN(Cc2ncccn2)[C@@H]1c1nc(C2CC2)no1. The molecule has 3 heterocycles. The van der Waals surface area contributed by atoms with Gasteiger partial charge in [0.2, 0.25) is 5.89 Å². The van der Waals surface area contributed by atoms with Crippen LogP contribution in [0.4, 0.5) is 0 Å². The monoisotopic (exact) mass is 301 g/mol. The van der Waals surface area contributed by atoms with Crippen LogP contribution in [0.1, 0.15) is 49.3 Å². The fraction of sp³-hybridized carbons (Fsp3) is 0.600. The molecule has 0 spiro atoms. The predicted molar refractivity (Wildman–Crippen MR) is 76.9 cm³/mol. The Balaban J connectivity index is 1.57. The van der Waals surface area contributed by atoms with Crippen molar-refractivity contribution < 1.29 is 9.26 Å². The van der Waals surface area contributed by atoms with Crippen LogP contribution in [-0.4, -0.2) is 44.3 Å². The van der Waals surface area contributed by atoms with Crippen LogP contribution in [-0.2, 0) is 11.3 Å². The zero-order valence-corrected chi connectivity index (χ0v) is 12.6. The maximum atomic E-state index is 5.79. The summed E-state index contributed by atoms with van der Waals surface area (Å²) in [7, 11) is 0. The molecule has 2 fully saturated rings. The van der Waals surface area contributed by atoms with Crippen molar-refractivity contribution in [3.63, 3.8) is 0 Å². The third kappa shape index (κ3) is 2.74. The number of morpholine rings is 1. The standard InChI is InChI=1S/C15H19N5O2/c1-10-13(15-18-14(19-22-15)11-3-4-11)20(7-8-21-10)9-12-16-5-2-6-17-12/h2,5-6,10-11,13H,3-4,7-9H2,1H3/t10-,13+/m1/s1. The molecule has 1 saturated heterocycles. The van der Waals surface area contributed by atoms with Crippen molar-refractivity contribution in [1.82, 2.24) is 25.0 Å². The molecule has 7 nitrogen and oxygen atoms in total. The highest BCUT2D eigenvalue weighted by Gasteiger charge is 2.37. The first-order chi connectivity index (χ1) is 10.8. The van der Waals surface area contributed by atoms with Crippen LogP contribution in [0.5, 0.6) is 0 Å². The fourth-order valence-corrected chi connectivity index (χ4v) is 2.89. The molecule has 1 aliphatic carbocycles. The summed E-state index contributed by atoms with van der Waals surface area (Å²) in [6.07, 6.45) is 5.86. The topological polar surface area (TPSA) is 77.2 Å². The average molecular weight is 301 g/mol. The molecular formula is C15H19N5O2. The van der Waals surface area contributed by atoms with Gasteiger partial charge in [-0.1, -0.05) is 5.16 Å². The summed E-state index contributed by atoms with van der Waals surface area (Å²) in [5, 5.41) is 4.13. The highest BCUT2D eigenvalue weighted by atomic mass is 16.5. The van der Waals surface area contributed by atoms with Gasteiger partial charge < -0.3 is 9.26 Å². The molecule has 7 heteroatoms. The van der Waals surface area contributed by atoms with Gasteiger partial charge in [-0.3, -0.25) is 4.90 Å². The quantitative estimate of drug-likeness (QED) is 0.850. The summed E-state index contributed by atoms with van der Waals surface area (Å²) in [6, 6.07) is 1.78. The maximum absolute atomic E-state index is 5.79. The number of hydrogen-bond acceptors (Lipinski definition) is 7. The van der Waals surface area contributed by atoms with E-state index in [-0.39, 0.29) is 12.1 Å². The van der Waals surface area contributed by atoms with Gasteiger partial charge in [0.1, 0.15) is 11.9 Å². The second kappa shape index (κ2) is 5.73. The van der Waals surface area contributed by atoms with Crippen molar-refractivity contribution in [1.29, 1.82) is 0 Å². The summed E-state index contributed by atoms with van der Waals surface area (Å²) >= 11 is 0. The zero-order chi connectivity index (χ0) is 14.9. The Morgan fingerprint density at radius 3 is 2.86 bits per heavy atom. The average Bonchev–Trinajstić information content (AvgIpc) is 3.27. The number of hydrogen-bond donors (Lipinski definition) is 0. The third-order valence-electron chi connectivity index (χ3n) is 4.21. The second-order valence-corrected chi connectivity index (χ2v) is 5.92.